The number of ether oxygens (including phenoxy) is 1. The summed E-state index contributed by atoms with van der Waals surface area (Å²) in [5, 5.41) is 7.47. The molecule has 0 saturated heterocycles. The zero-order chi connectivity index (χ0) is 26.8. The van der Waals surface area contributed by atoms with Crippen LogP contribution in [-0.4, -0.2) is 34.9 Å². The number of rotatable bonds is 4. The SMILES string of the molecule is CC1(C)COc2c(S(=O)(=N[Si](C)(C)C(C)(C)C)NC(=O)Nc3c4c(cc5c3CCC5)CCC4)cnn2C1. The Morgan fingerprint density at radius 1 is 1.14 bits per heavy atom. The van der Waals surface area contributed by atoms with Gasteiger partial charge in [-0.05, 0) is 78.9 Å². The molecule has 2 heterocycles. The molecular weight excluding hydrogens is 502 g/mol. The molecule has 0 saturated carbocycles. The van der Waals surface area contributed by atoms with Crippen molar-refractivity contribution in [2.24, 2.45) is 9.44 Å². The van der Waals surface area contributed by atoms with Gasteiger partial charge in [0, 0.05) is 11.1 Å². The molecular formula is C27H41N5O3SSi. The molecule has 8 nitrogen and oxygen atoms in total. The summed E-state index contributed by atoms with van der Waals surface area (Å²) in [6.07, 6.45) is 7.78. The van der Waals surface area contributed by atoms with Crippen molar-refractivity contribution in [1.82, 2.24) is 14.5 Å². The number of hydrogen-bond acceptors (Lipinski definition) is 5. The van der Waals surface area contributed by atoms with Crippen LogP contribution in [0.25, 0.3) is 0 Å². The minimum absolute atomic E-state index is 0.0907. The van der Waals surface area contributed by atoms with E-state index in [1.54, 1.807) is 10.9 Å². The third-order valence-electron chi connectivity index (χ3n) is 8.37. The number of anilines is 1. The minimum Gasteiger partial charge on any atom is -0.476 e. The largest absolute Gasteiger partial charge is 0.476 e. The molecule has 10 heteroatoms. The number of amides is 2. The second-order valence-electron chi connectivity index (χ2n) is 13.1. The highest BCUT2D eigenvalue weighted by molar-refractivity contribution is 7.93. The zero-order valence-electron chi connectivity index (χ0n) is 23.3. The number of carbonyl (C=O) groups excluding carboxylic acids is 1. The van der Waals surface area contributed by atoms with Crippen molar-refractivity contribution in [1.29, 1.82) is 0 Å². The fraction of sp³-hybridized carbons (Fsp3) is 0.630. The van der Waals surface area contributed by atoms with E-state index in [1.807, 2.05) is 0 Å². The van der Waals surface area contributed by atoms with Crippen molar-refractivity contribution in [2.45, 2.75) is 103 Å². The summed E-state index contributed by atoms with van der Waals surface area (Å²) in [7, 11) is -5.82. The Bertz CT molecular complexity index is 1350. The molecule has 1 aromatic heterocycles. The molecule has 0 fully saturated rings. The fourth-order valence-corrected chi connectivity index (χ4v) is 10.6. The first-order valence-corrected chi connectivity index (χ1v) is 17.9. The quantitative estimate of drug-likeness (QED) is 0.473. The number of nitrogens with zero attached hydrogens (tertiary/aromatic N) is 3. The van der Waals surface area contributed by atoms with Crippen LogP contribution in [0.2, 0.25) is 18.1 Å². The lowest BCUT2D eigenvalue weighted by Crippen LogP contribution is -2.42. The van der Waals surface area contributed by atoms with Crippen LogP contribution < -0.4 is 14.8 Å². The van der Waals surface area contributed by atoms with Crippen LogP contribution in [-0.2, 0) is 42.1 Å². The first kappa shape index (κ1) is 26.3. The van der Waals surface area contributed by atoms with Gasteiger partial charge < -0.3 is 10.1 Å². The predicted octanol–water partition coefficient (Wildman–Crippen LogP) is 5.85. The standard InChI is InChI=1S/C27H41N5O3SSi/c1-26(2,3)37(6,7)31-36(34,22-15-28-32-16-27(4,5)17-35-24(22)32)30-25(33)29-23-20-12-8-10-18(20)14-19-11-9-13-21(19)23/h14-15H,8-13,16-17H2,1-7H3,(H2,29,30,31,33,34). The van der Waals surface area contributed by atoms with E-state index in [-0.39, 0.29) is 10.5 Å². The average molecular weight is 544 g/mol. The molecule has 1 unspecified atom stereocenters. The monoisotopic (exact) mass is 543 g/mol. The molecule has 2 aliphatic carbocycles. The van der Waals surface area contributed by atoms with Crippen LogP contribution in [0, 0.1) is 5.41 Å². The lowest BCUT2D eigenvalue weighted by atomic mass is 9.94. The van der Waals surface area contributed by atoms with Crippen molar-refractivity contribution >= 4 is 29.9 Å². The third-order valence-corrected chi connectivity index (χ3v) is 16.2. The van der Waals surface area contributed by atoms with Crippen LogP contribution >= 0.6 is 0 Å². The summed E-state index contributed by atoms with van der Waals surface area (Å²) in [6.45, 7) is 15.9. The molecule has 1 atom stereocenters. The first-order valence-electron chi connectivity index (χ1n) is 13.4. The second-order valence-corrected chi connectivity index (χ2v) is 20.2. The number of aromatic nitrogens is 2. The van der Waals surface area contributed by atoms with Crippen LogP contribution in [0.5, 0.6) is 5.88 Å². The van der Waals surface area contributed by atoms with Crippen LogP contribution in [0.1, 0.15) is 69.7 Å². The number of urea groups is 1. The van der Waals surface area contributed by atoms with Crippen LogP contribution in [0.15, 0.2) is 21.2 Å². The van der Waals surface area contributed by atoms with Gasteiger partial charge in [-0.15, -0.1) is 0 Å². The van der Waals surface area contributed by atoms with Gasteiger partial charge in [0.25, 0.3) is 0 Å². The maximum Gasteiger partial charge on any atom is 0.331 e. The summed E-state index contributed by atoms with van der Waals surface area (Å²) in [4.78, 5) is 14.0. The molecule has 0 bridgehead atoms. The van der Waals surface area contributed by atoms with E-state index >= 15 is 0 Å². The lowest BCUT2D eigenvalue weighted by Gasteiger charge is -2.34. The average Bonchev–Trinajstić information content (AvgIpc) is 3.50. The van der Waals surface area contributed by atoms with Crippen molar-refractivity contribution in [2.75, 3.05) is 11.9 Å². The van der Waals surface area contributed by atoms with Crippen molar-refractivity contribution in [3.05, 3.63) is 34.5 Å². The maximum absolute atomic E-state index is 14.8. The van der Waals surface area contributed by atoms with E-state index < -0.39 is 24.2 Å². The molecule has 0 spiro atoms. The van der Waals surface area contributed by atoms with Gasteiger partial charge in [-0.2, -0.15) is 5.10 Å². The minimum atomic E-state index is -3.38. The van der Waals surface area contributed by atoms with Crippen molar-refractivity contribution < 1.29 is 13.7 Å². The summed E-state index contributed by atoms with van der Waals surface area (Å²) in [5.41, 5.74) is 5.97. The number of hydrogen-bond donors (Lipinski definition) is 2. The molecule has 202 valence electrons. The highest BCUT2D eigenvalue weighted by atomic mass is 32.2. The van der Waals surface area contributed by atoms with Gasteiger partial charge in [-0.25, -0.2) is 18.4 Å². The Labute approximate surface area is 222 Å². The zero-order valence-corrected chi connectivity index (χ0v) is 25.1. The van der Waals surface area contributed by atoms with E-state index in [1.165, 1.54) is 22.3 Å². The Morgan fingerprint density at radius 3 is 2.35 bits per heavy atom. The molecule has 2 aromatic rings. The van der Waals surface area contributed by atoms with Crippen LogP contribution in [0.4, 0.5) is 10.5 Å². The molecule has 1 aliphatic heterocycles. The number of carbonyl (C=O) groups is 1. The first-order chi connectivity index (χ1) is 17.2. The highest BCUT2D eigenvalue weighted by Crippen LogP contribution is 2.41. The Kier molecular flexibility index (Phi) is 6.30. The molecule has 3 aliphatic rings. The number of aryl methyl sites for hydroxylation is 2. The normalized spacial score (nSPS) is 19.8. The summed E-state index contributed by atoms with van der Waals surface area (Å²) >= 11 is 0. The molecule has 2 N–H and O–H groups in total. The summed E-state index contributed by atoms with van der Waals surface area (Å²) in [6, 6.07) is 1.85. The van der Waals surface area contributed by atoms with E-state index in [2.05, 4.69) is 68.9 Å². The van der Waals surface area contributed by atoms with Gasteiger partial charge in [0.1, 0.15) is 4.90 Å². The Morgan fingerprint density at radius 2 is 1.76 bits per heavy atom. The van der Waals surface area contributed by atoms with Crippen molar-refractivity contribution in [3.63, 3.8) is 0 Å². The van der Waals surface area contributed by atoms with Crippen molar-refractivity contribution in [3.8, 4) is 5.88 Å². The lowest BCUT2D eigenvalue weighted by molar-refractivity contribution is 0.0971. The number of nitrogens with one attached hydrogen (secondary N) is 2. The molecule has 5 rings (SSSR count). The van der Waals surface area contributed by atoms with E-state index in [4.69, 9.17) is 8.77 Å². The van der Waals surface area contributed by atoms with E-state index in [0.29, 0.717) is 23.9 Å². The van der Waals surface area contributed by atoms with E-state index in [0.717, 1.165) is 44.2 Å². The van der Waals surface area contributed by atoms with Crippen LogP contribution in [0.3, 0.4) is 0 Å². The van der Waals surface area contributed by atoms with E-state index in [9.17, 15) is 9.00 Å². The summed E-state index contributed by atoms with van der Waals surface area (Å²) in [5.74, 6) is 0.438. The Hall–Kier alpha value is -2.33. The Balaban J connectivity index is 1.55. The molecule has 1 aromatic carbocycles. The maximum atomic E-state index is 14.8. The summed E-state index contributed by atoms with van der Waals surface area (Å²) < 4.78 is 30.4. The van der Waals surface area contributed by atoms with Gasteiger partial charge in [0.15, 0.2) is 18.2 Å². The highest BCUT2D eigenvalue weighted by Gasteiger charge is 2.40. The second kappa shape index (κ2) is 8.86. The van der Waals surface area contributed by atoms with Gasteiger partial charge in [0.05, 0.1) is 19.3 Å². The number of fused-ring (bicyclic) bond motifs is 3. The van der Waals surface area contributed by atoms with Gasteiger partial charge >= 0.3 is 6.03 Å². The fourth-order valence-electron chi connectivity index (χ4n) is 5.34. The van der Waals surface area contributed by atoms with Gasteiger partial charge in [0.2, 0.25) is 5.88 Å². The molecule has 37 heavy (non-hydrogen) atoms. The third kappa shape index (κ3) is 4.82. The molecule has 0 radical (unpaired) electrons. The smallest absolute Gasteiger partial charge is 0.331 e. The predicted molar refractivity (Wildman–Crippen MR) is 150 cm³/mol. The number of benzene rings is 1. The van der Waals surface area contributed by atoms with Gasteiger partial charge in [-0.3, -0.25) is 4.03 Å². The van der Waals surface area contributed by atoms with Gasteiger partial charge in [-0.1, -0.05) is 40.7 Å². The molecule has 2 amide bonds. The topological polar surface area (TPSA) is 97.6 Å².